The van der Waals surface area contributed by atoms with E-state index in [2.05, 4.69) is 10.00 Å². The Morgan fingerprint density at radius 3 is 2.79 bits per heavy atom. The number of carbonyl (C=O) groups is 1. The van der Waals surface area contributed by atoms with Gasteiger partial charge in [0.05, 0.1) is 12.2 Å². The fourth-order valence-electron chi connectivity index (χ4n) is 4.96. The Morgan fingerprint density at radius 1 is 1.36 bits per heavy atom. The summed E-state index contributed by atoms with van der Waals surface area (Å²) in [6.45, 7) is 3.43. The van der Waals surface area contributed by atoms with Crippen LogP contribution in [-0.4, -0.2) is 67.6 Å². The molecule has 0 bridgehead atoms. The summed E-state index contributed by atoms with van der Waals surface area (Å²) < 4.78 is 1.96. The Kier molecular flexibility index (Phi) is 8.95. The maximum atomic E-state index is 12.3. The second kappa shape index (κ2) is 11.5. The van der Waals surface area contributed by atoms with Gasteiger partial charge in [0, 0.05) is 34.9 Å². The van der Waals surface area contributed by atoms with Crippen LogP contribution in [0.5, 0.6) is 0 Å². The molecule has 8 nitrogen and oxygen atoms in total. The molecule has 1 fully saturated rings. The number of halogens is 1. The van der Waals surface area contributed by atoms with Crippen molar-refractivity contribution in [1.82, 2.24) is 14.7 Å². The van der Waals surface area contributed by atoms with Gasteiger partial charge in [-0.3, -0.25) is 14.4 Å². The van der Waals surface area contributed by atoms with Crippen LogP contribution in [0.15, 0.2) is 36.7 Å². The highest BCUT2D eigenvalue weighted by molar-refractivity contribution is 6.40. The van der Waals surface area contributed by atoms with Crippen LogP contribution in [0.2, 0.25) is 11.3 Å². The highest BCUT2D eigenvalue weighted by atomic mass is 35.5. The molecule has 0 radical (unpaired) electrons. The fraction of sp³-hybridized carbons (Fsp3) is 0.565. The Labute approximate surface area is 200 Å². The van der Waals surface area contributed by atoms with E-state index in [1.165, 1.54) is 0 Å². The molecule has 1 aliphatic heterocycles. The molecule has 0 saturated carbocycles. The van der Waals surface area contributed by atoms with Crippen LogP contribution in [0.1, 0.15) is 51.5 Å². The lowest BCUT2D eigenvalue weighted by Crippen LogP contribution is -2.64. The van der Waals surface area contributed by atoms with Gasteiger partial charge in [0.2, 0.25) is 0 Å². The molecule has 0 spiro atoms. The van der Waals surface area contributed by atoms with E-state index in [4.69, 9.17) is 27.4 Å². The minimum atomic E-state index is -1.40. The molecule has 0 amide bonds. The molecule has 0 aliphatic carbocycles. The van der Waals surface area contributed by atoms with Gasteiger partial charge in [0.25, 0.3) is 0 Å². The van der Waals surface area contributed by atoms with Crippen LogP contribution >= 0.6 is 11.6 Å². The predicted molar refractivity (Wildman–Crippen MR) is 130 cm³/mol. The lowest BCUT2D eigenvalue weighted by Gasteiger charge is -2.44. The zero-order valence-corrected chi connectivity index (χ0v) is 19.9. The maximum absolute atomic E-state index is 12.3. The normalized spacial score (nSPS) is 19.7. The van der Waals surface area contributed by atoms with Crippen LogP contribution in [0.25, 0.3) is 11.1 Å². The monoisotopic (exact) mass is 476 g/mol. The number of rotatable bonds is 11. The van der Waals surface area contributed by atoms with Crippen molar-refractivity contribution >= 4 is 24.7 Å². The topological polar surface area (TPSA) is 125 Å². The van der Waals surface area contributed by atoms with Crippen molar-refractivity contribution in [1.29, 1.82) is 0 Å². The smallest absolute Gasteiger partial charge is 0.451 e. The number of carboxylic acids is 1. The van der Waals surface area contributed by atoms with Gasteiger partial charge in [-0.2, -0.15) is 5.10 Å². The van der Waals surface area contributed by atoms with Gasteiger partial charge in [0.15, 0.2) is 0 Å². The van der Waals surface area contributed by atoms with Gasteiger partial charge in [-0.25, -0.2) is 0 Å². The first-order valence-electron chi connectivity index (χ1n) is 11.7. The van der Waals surface area contributed by atoms with E-state index in [-0.39, 0.29) is 24.8 Å². The number of unbranched alkanes of at least 4 members (excludes halogenated alkanes) is 1. The van der Waals surface area contributed by atoms with Gasteiger partial charge in [0.1, 0.15) is 5.54 Å². The number of benzene rings is 1. The number of aromatic nitrogens is 2. The summed E-state index contributed by atoms with van der Waals surface area (Å²) in [5.41, 5.74) is 7.01. The molecule has 3 rings (SSSR count). The molecule has 3 unspecified atom stereocenters. The summed E-state index contributed by atoms with van der Waals surface area (Å²) in [5.74, 6) is -1.01. The summed E-state index contributed by atoms with van der Waals surface area (Å²) in [4.78, 5) is 14.4. The lowest BCUT2D eigenvalue weighted by molar-refractivity contribution is -0.147. The molecule has 5 N–H and O–H groups in total. The van der Waals surface area contributed by atoms with Crippen LogP contribution in [-0.2, 0) is 4.79 Å². The molecule has 3 atom stereocenters. The molecule has 2 heterocycles. The minimum absolute atomic E-state index is 0.117. The third kappa shape index (κ3) is 6.16. The Bertz CT molecular complexity index is 927. The molecule has 33 heavy (non-hydrogen) atoms. The Morgan fingerprint density at radius 2 is 2.12 bits per heavy atom. The van der Waals surface area contributed by atoms with E-state index in [1.807, 2.05) is 48.3 Å². The third-order valence-electron chi connectivity index (χ3n) is 6.71. The molecule has 1 aliphatic rings. The SMILES string of the molecule is CCC(N1CCCC(n2cc(-c3ccccc3Cl)cn2)C1)C(N)(CCCCB(O)O)C(=O)O. The summed E-state index contributed by atoms with van der Waals surface area (Å²) in [6.07, 6.45) is 7.85. The van der Waals surface area contributed by atoms with Gasteiger partial charge < -0.3 is 20.9 Å². The van der Waals surface area contributed by atoms with Crippen molar-refractivity contribution in [3.63, 3.8) is 0 Å². The largest absolute Gasteiger partial charge is 0.480 e. The Hall–Kier alpha value is -1.91. The lowest BCUT2D eigenvalue weighted by atomic mass is 9.79. The molecule has 1 aromatic heterocycles. The summed E-state index contributed by atoms with van der Waals surface area (Å²) in [5, 5.41) is 33.4. The van der Waals surface area contributed by atoms with Gasteiger partial charge in [-0.1, -0.05) is 49.6 Å². The second-order valence-electron chi connectivity index (χ2n) is 8.98. The van der Waals surface area contributed by atoms with E-state index in [0.717, 1.165) is 30.5 Å². The zero-order chi connectivity index (χ0) is 24.0. The highest BCUT2D eigenvalue weighted by Crippen LogP contribution is 2.32. The van der Waals surface area contributed by atoms with Crippen molar-refractivity contribution in [2.45, 2.75) is 69.4 Å². The molecule has 180 valence electrons. The molecule has 2 aromatic rings. The molecule has 1 saturated heterocycles. The van der Waals surface area contributed by atoms with Crippen molar-refractivity contribution in [3.8, 4) is 11.1 Å². The highest BCUT2D eigenvalue weighted by Gasteiger charge is 2.45. The number of hydrogen-bond donors (Lipinski definition) is 4. The first-order chi connectivity index (χ1) is 15.8. The van der Waals surface area contributed by atoms with Gasteiger partial charge in [-0.15, -0.1) is 0 Å². The first-order valence-corrected chi connectivity index (χ1v) is 12.1. The molecule has 10 heteroatoms. The number of likely N-dealkylation sites (tertiary alicyclic amines) is 1. The number of hydrogen-bond acceptors (Lipinski definition) is 6. The van der Waals surface area contributed by atoms with Gasteiger partial charge in [-0.05, 0) is 44.6 Å². The average Bonchev–Trinajstić information content (AvgIpc) is 3.27. The van der Waals surface area contributed by atoms with E-state index in [0.29, 0.717) is 30.8 Å². The fourth-order valence-corrected chi connectivity index (χ4v) is 5.21. The first kappa shape index (κ1) is 25.7. The van der Waals surface area contributed by atoms with Crippen molar-refractivity contribution in [2.24, 2.45) is 5.73 Å². The standard InChI is InChI=1S/C23H34BClN4O4/c1-2-21(23(26,22(30)31)11-5-6-12-24(32)33)28-13-7-8-18(16-28)29-15-17(14-27-29)19-9-3-4-10-20(19)25/h3-4,9-10,14-15,18,21,32-33H,2,5-8,11-13,16,26H2,1H3,(H,30,31). The third-order valence-corrected chi connectivity index (χ3v) is 7.04. The predicted octanol–water partition coefficient (Wildman–Crippen LogP) is 3.04. The van der Waals surface area contributed by atoms with Crippen LogP contribution in [0.3, 0.4) is 0 Å². The molecule has 1 aromatic carbocycles. The number of carboxylic acid groups (broad SMARTS) is 1. The zero-order valence-electron chi connectivity index (χ0n) is 19.1. The summed E-state index contributed by atoms with van der Waals surface area (Å²) in [6, 6.07) is 7.46. The minimum Gasteiger partial charge on any atom is -0.480 e. The van der Waals surface area contributed by atoms with E-state index >= 15 is 0 Å². The number of nitrogens with two attached hydrogens (primary N) is 1. The number of piperidine rings is 1. The summed E-state index contributed by atoms with van der Waals surface area (Å²) >= 11 is 6.34. The van der Waals surface area contributed by atoms with E-state index in [1.54, 1.807) is 0 Å². The maximum Gasteiger partial charge on any atom is 0.451 e. The number of nitrogens with zero attached hydrogens (tertiary/aromatic N) is 3. The van der Waals surface area contributed by atoms with Crippen LogP contribution < -0.4 is 5.73 Å². The van der Waals surface area contributed by atoms with Crippen molar-refractivity contribution in [2.75, 3.05) is 13.1 Å². The van der Waals surface area contributed by atoms with Gasteiger partial charge >= 0.3 is 13.1 Å². The Balaban J connectivity index is 1.73. The van der Waals surface area contributed by atoms with Crippen LogP contribution in [0, 0.1) is 0 Å². The number of aliphatic carboxylic acids is 1. The van der Waals surface area contributed by atoms with Crippen LogP contribution in [0.4, 0.5) is 0 Å². The van der Waals surface area contributed by atoms with E-state index < -0.39 is 18.6 Å². The molecular weight excluding hydrogens is 443 g/mol. The quantitative estimate of drug-likeness (QED) is 0.290. The van der Waals surface area contributed by atoms with E-state index in [9.17, 15) is 9.90 Å². The van der Waals surface area contributed by atoms with Crippen molar-refractivity contribution < 1.29 is 19.9 Å². The second-order valence-corrected chi connectivity index (χ2v) is 9.38. The van der Waals surface area contributed by atoms with Crippen molar-refractivity contribution in [3.05, 3.63) is 41.7 Å². The average molecular weight is 477 g/mol. The molecular formula is C23H34BClN4O4. The summed E-state index contributed by atoms with van der Waals surface area (Å²) in [7, 11) is -1.38.